The van der Waals surface area contributed by atoms with E-state index in [4.69, 9.17) is 4.74 Å². The Hall–Kier alpha value is -3.53. The lowest BCUT2D eigenvalue weighted by molar-refractivity contribution is -0.152. The minimum Gasteiger partial charge on any atom is -0.504 e. The van der Waals surface area contributed by atoms with Crippen LogP contribution in [-0.2, 0) is 16.6 Å². The monoisotopic (exact) mass is 496 g/mol. The number of benzene rings is 2. The number of amides is 1. The maximum atomic E-state index is 13.3. The van der Waals surface area contributed by atoms with E-state index in [-0.39, 0.29) is 17.7 Å². The highest BCUT2D eigenvalue weighted by Gasteiger charge is 2.72. The number of aryl methyl sites for hydroxylation is 2. The molecule has 0 saturated carbocycles. The van der Waals surface area contributed by atoms with E-state index in [0.717, 1.165) is 28.8 Å². The van der Waals surface area contributed by atoms with Crippen molar-refractivity contribution in [2.45, 2.75) is 55.9 Å². The SMILES string of the molecule is C=CCN1CC[C@]23c4c5ccc(O)c4O[C@H]2[C@H](N(C)C(=O)C#Cc2ccc(C)c(C)c2)C=C[C@@]3(O)[C@H]1C5. The lowest BCUT2D eigenvalue weighted by atomic mass is 9.50. The van der Waals surface area contributed by atoms with Crippen LogP contribution in [-0.4, -0.2) is 69.8 Å². The summed E-state index contributed by atoms with van der Waals surface area (Å²) in [5.41, 5.74) is 3.10. The average molecular weight is 497 g/mol. The van der Waals surface area contributed by atoms with Crippen LogP contribution in [0.4, 0.5) is 0 Å². The highest BCUT2D eigenvalue weighted by Crippen LogP contribution is 2.64. The van der Waals surface area contributed by atoms with E-state index in [9.17, 15) is 15.0 Å². The van der Waals surface area contributed by atoms with Gasteiger partial charge in [0.1, 0.15) is 11.7 Å². The van der Waals surface area contributed by atoms with Crippen molar-refractivity contribution in [3.8, 4) is 23.3 Å². The fraction of sp³-hybridized carbons (Fsp3) is 0.387. The van der Waals surface area contributed by atoms with Crippen molar-refractivity contribution in [2.75, 3.05) is 20.1 Å². The van der Waals surface area contributed by atoms with Gasteiger partial charge < -0.3 is 19.8 Å². The molecule has 2 aliphatic heterocycles. The molecule has 1 spiro atoms. The summed E-state index contributed by atoms with van der Waals surface area (Å²) in [6.45, 7) is 9.42. The lowest BCUT2D eigenvalue weighted by Crippen LogP contribution is -2.76. The predicted octanol–water partition coefficient (Wildman–Crippen LogP) is 3.00. The van der Waals surface area contributed by atoms with Gasteiger partial charge in [-0.15, -0.1) is 6.58 Å². The van der Waals surface area contributed by atoms with Crippen molar-refractivity contribution >= 4 is 5.91 Å². The summed E-state index contributed by atoms with van der Waals surface area (Å²) in [4.78, 5) is 17.2. The third kappa shape index (κ3) is 3.17. The molecule has 0 unspecified atom stereocenters. The average Bonchev–Trinajstić information content (AvgIpc) is 3.23. The summed E-state index contributed by atoms with van der Waals surface area (Å²) < 4.78 is 6.50. The number of rotatable bonds is 3. The molecule has 2 aliphatic carbocycles. The van der Waals surface area contributed by atoms with E-state index in [2.05, 4.69) is 23.3 Å². The number of hydrogen-bond donors (Lipinski definition) is 2. The molecule has 4 aliphatic rings. The van der Waals surface area contributed by atoms with Gasteiger partial charge in [-0.3, -0.25) is 9.69 Å². The molecule has 6 nitrogen and oxygen atoms in total. The van der Waals surface area contributed by atoms with Crippen LogP contribution < -0.4 is 4.74 Å². The Morgan fingerprint density at radius 3 is 2.86 bits per heavy atom. The number of nitrogens with zero attached hydrogens (tertiary/aromatic N) is 2. The molecule has 1 fully saturated rings. The maximum Gasteiger partial charge on any atom is 0.299 e. The molecule has 2 aromatic rings. The summed E-state index contributed by atoms with van der Waals surface area (Å²) in [5.74, 6) is 5.98. The van der Waals surface area contributed by atoms with E-state index in [0.29, 0.717) is 25.1 Å². The number of aromatic hydroxyl groups is 1. The zero-order valence-electron chi connectivity index (χ0n) is 21.5. The van der Waals surface area contributed by atoms with Gasteiger partial charge in [-0.05, 0) is 61.6 Å². The summed E-state index contributed by atoms with van der Waals surface area (Å²) in [7, 11) is 1.73. The number of hydrogen-bond acceptors (Lipinski definition) is 5. The standard InChI is InChI=1S/C31H32N2O4/c1-5-15-33-16-14-30-27-22-9-10-24(34)28(27)37-29(30)23(12-13-31(30,36)25(33)18-22)32(4)26(35)11-8-21-7-6-19(2)20(3)17-21/h5-7,9-10,12-13,17,23,25,29,34,36H,1,14-16,18H2,2-4H3/t23-,25-,29+,30+,31-/m1/s1. The second-order valence-electron chi connectivity index (χ2n) is 10.9. The van der Waals surface area contributed by atoms with Crippen molar-refractivity contribution in [1.29, 1.82) is 0 Å². The highest BCUT2D eigenvalue weighted by molar-refractivity contribution is 5.94. The molecule has 190 valence electrons. The summed E-state index contributed by atoms with van der Waals surface area (Å²) in [6.07, 6.45) is 6.37. The Bertz CT molecular complexity index is 1420. The molecule has 1 saturated heterocycles. The first-order valence-corrected chi connectivity index (χ1v) is 12.9. The molecule has 37 heavy (non-hydrogen) atoms. The van der Waals surface area contributed by atoms with Crippen molar-refractivity contribution in [2.24, 2.45) is 0 Å². The third-order valence-electron chi connectivity index (χ3n) is 9.08. The summed E-state index contributed by atoms with van der Waals surface area (Å²) in [5, 5.41) is 23.1. The molecule has 0 aromatic heterocycles. The van der Waals surface area contributed by atoms with Crippen LogP contribution in [0.3, 0.4) is 0 Å². The smallest absolute Gasteiger partial charge is 0.299 e. The second-order valence-corrected chi connectivity index (χ2v) is 10.9. The Balaban J connectivity index is 1.41. The number of piperidine rings is 1. The molecule has 6 rings (SSSR count). The zero-order chi connectivity index (χ0) is 26.1. The van der Waals surface area contributed by atoms with Gasteiger partial charge in [0.25, 0.3) is 5.91 Å². The molecule has 5 atom stereocenters. The predicted molar refractivity (Wildman–Crippen MR) is 142 cm³/mol. The van der Waals surface area contributed by atoms with Crippen molar-refractivity contribution in [1.82, 2.24) is 9.80 Å². The largest absolute Gasteiger partial charge is 0.504 e. The quantitative estimate of drug-likeness (QED) is 0.505. The first kappa shape index (κ1) is 23.8. The fourth-order valence-electron chi connectivity index (χ4n) is 7.05. The number of ether oxygens (including phenoxy) is 1. The van der Waals surface area contributed by atoms with E-state index in [1.54, 1.807) is 18.0 Å². The molecular weight excluding hydrogens is 464 g/mol. The third-order valence-corrected chi connectivity index (χ3v) is 9.08. The van der Waals surface area contributed by atoms with Gasteiger partial charge in [0.05, 0.1) is 11.5 Å². The van der Waals surface area contributed by atoms with Crippen molar-refractivity contribution in [3.05, 3.63) is 83.0 Å². The van der Waals surface area contributed by atoms with Gasteiger partial charge in [-0.2, -0.15) is 0 Å². The van der Waals surface area contributed by atoms with Gasteiger partial charge in [-0.25, -0.2) is 0 Å². The topological polar surface area (TPSA) is 73.2 Å². The Morgan fingerprint density at radius 1 is 1.30 bits per heavy atom. The molecule has 2 heterocycles. The van der Waals surface area contributed by atoms with Crippen molar-refractivity contribution < 1.29 is 19.7 Å². The number of likely N-dealkylation sites (N-methyl/N-ethyl adjacent to an activating group) is 1. The Labute approximate surface area is 217 Å². The van der Waals surface area contributed by atoms with E-state index in [1.165, 1.54) is 5.56 Å². The lowest BCUT2D eigenvalue weighted by Gasteiger charge is -2.62. The molecule has 1 amide bonds. The molecule has 0 radical (unpaired) electrons. The fourth-order valence-corrected chi connectivity index (χ4v) is 7.05. The van der Waals surface area contributed by atoms with Gasteiger partial charge in [-0.1, -0.05) is 36.3 Å². The maximum absolute atomic E-state index is 13.3. The first-order valence-electron chi connectivity index (χ1n) is 12.9. The van der Waals surface area contributed by atoms with Gasteiger partial charge in [0.2, 0.25) is 0 Å². The summed E-state index contributed by atoms with van der Waals surface area (Å²) in [6, 6.07) is 8.92. The Morgan fingerprint density at radius 2 is 2.11 bits per heavy atom. The van der Waals surface area contributed by atoms with Crippen LogP contribution in [0.25, 0.3) is 0 Å². The van der Waals surface area contributed by atoms with Crippen LogP contribution >= 0.6 is 0 Å². The molecular formula is C31H32N2O4. The number of carbonyl (C=O) groups is 1. The van der Waals surface area contributed by atoms with E-state index >= 15 is 0 Å². The molecule has 6 heteroatoms. The van der Waals surface area contributed by atoms with Crippen LogP contribution in [0.15, 0.2) is 55.1 Å². The number of phenolic OH excluding ortho intramolecular Hbond substituents is 1. The number of carbonyl (C=O) groups excluding carboxylic acids is 1. The molecule has 2 N–H and O–H groups in total. The van der Waals surface area contributed by atoms with Gasteiger partial charge >= 0.3 is 0 Å². The van der Waals surface area contributed by atoms with Crippen LogP contribution in [0.1, 0.15) is 34.2 Å². The number of phenols is 1. The minimum absolute atomic E-state index is 0.0686. The van der Waals surface area contributed by atoms with E-state index in [1.807, 2.05) is 56.3 Å². The Kier molecular flexibility index (Phi) is 5.31. The van der Waals surface area contributed by atoms with E-state index < -0.39 is 23.2 Å². The number of aliphatic hydroxyl groups is 1. The number of likely N-dealkylation sites (tertiary alicyclic amines) is 1. The molecule has 2 bridgehead atoms. The van der Waals surface area contributed by atoms with Crippen LogP contribution in [0.5, 0.6) is 11.5 Å². The normalized spacial score (nSPS) is 30.5. The zero-order valence-corrected chi connectivity index (χ0v) is 21.5. The first-order chi connectivity index (χ1) is 17.7. The molecule has 2 aromatic carbocycles. The van der Waals surface area contributed by atoms with Gasteiger partial charge in [0.15, 0.2) is 11.5 Å². The minimum atomic E-state index is -1.20. The summed E-state index contributed by atoms with van der Waals surface area (Å²) >= 11 is 0. The second kappa shape index (κ2) is 8.24. The van der Waals surface area contributed by atoms with Crippen LogP contribution in [0, 0.1) is 25.7 Å². The van der Waals surface area contributed by atoms with Crippen LogP contribution in [0.2, 0.25) is 0 Å². The van der Waals surface area contributed by atoms with Crippen molar-refractivity contribution in [3.63, 3.8) is 0 Å². The van der Waals surface area contributed by atoms with Gasteiger partial charge in [0, 0.05) is 43.2 Å². The highest BCUT2D eigenvalue weighted by atomic mass is 16.5.